The van der Waals surface area contributed by atoms with Crippen molar-refractivity contribution < 1.29 is 9.53 Å². The Balaban J connectivity index is 1.30. The number of carbonyl (C=O) groups is 1. The maximum Gasteiger partial charge on any atom is 0.321 e. The average Bonchev–Trinajstić information content (AvgIpc) is 2.77. The number of benzene rings is 3. The molecule has 7 nitrogen and oxygen atoms in total. The van der Waals surface area contributed by atoms with Crippen molar-refractivity contribution in [3.8, 4) is 5.75 Å². The van der Waals surface area contributed by atoms with E-state index in [4.69, 9.17) is 4.74 Å². The third-order valence-electron chi connectivity index (χ3n) is 5.40. The van der Waals surface area contributed by atoms with Gasteiger partial charge in [0.05, 0.1) is 13.3 Å². The number of carbonyl (C=O) groups excluding carboxylic acids is 1. The molecule has 1 aliphatic heterocycles. The lowest BCUT2D eigenvalue weighted by atomic mass is 10.1. The lowest BCUT2D eigenvalue weighted by Gasteiger charge is -2.36. The van der Waals surface area contributed by atoms with Gasteiger partial charge < -0.3 is 15.4 Å². The highest BCUT2D eigenvalue weighted by Crippen LogP contribution is 2.18. The van der Waals surface area contributed by atoms with Gasteiger partial charge in [0.15, 0.2) is 0 Å². The van der Waals surface area contributed by atoms with Crippen molar-refractivity contribution in [3.05, 3.63) is 72.3 Å². The maximum atomic E-state index is 12.5. The second-order valence-corrected chi connectivity index (χ2v) is 7.85. The molecule has 7 heteroatoms. The Hall–Kier alpha value is -3.13. The Morgan fingerprint density at radius 3 is 2.58 bits per heavy atom. The van der Waals surface area contributed by atoms with Crippen LogP contribution in [0, 0.1) is 0 Å². The number of anilines is 1. The summed E-state index contributed by atoms with van der Waals surface area (Å²) in [5.74, 6) is 0.846. The summed E-state index contributed by atoms with van der Waals surface area (Å²) < 4.78 is 5.21. The second kappa shape index (κ2) is 9.78. The molecule has 1 saturated heterocycles. The van der Waals surface area contributed by atoms with Crippen LogP contribution in [0.15, 0.2) is 66.7 Å². The minimum absolute atomic E-state index is 0.0734. The highest BCUT2D eigenvalue weighted by Gasteiger charge is 2.25. The summed E-state index contributed by atoms with van der Waals surface area (Å²) in [5, 5.41) is 18.4. The van der Waals surface area contributed by atoms with Gasteiger partial charge in [0.25, 0.3) is 0 Å². The van der Waals surface area contributed by atoms with Crippen molar-refractivity contribution >= 4 is 22.5 Å². The fourth-order valence-corrected chi connectivity index (χ4v) is 3.80. The Kier molecular flexibility index (Phi) is 6.66. The molecule has 3 aromatic rings. The smallest absolute Gasteiger partial charge is 0.321 e. The third kappa shape index (κ3) is 5.73. The number of hydrogen-bond acceptors (Lipinski definition) is 5. The van der Waals surface area contributed by atoms with E-state index in [0.29, 0.717) is 0 Å². The first-order chi connectivity index (χ1) is 15.1. The first kappa shape index (κ1) is 21.1. The van der Waals surface area contributed by atoms with Crippen LogP contribution in [0.1, 0.15) is 18.9 Å². The minimum Gasteiger partial charge on any atom is -0.497 e. The van der Waals surface area contributed by atoms with Crippen LogP contribution in [0.3, 0.4) is 0 Å². The van der Waals surface area contributed by atoms with E-state index in [-0.39, 0.29) is 24.5 Å². The van der Waals surface area contributed by atoms with Gasteiger partial charge in [0, 0.05) is 18.3 Å². The molecule has 4 rings (SSSR count). The molecule has 3 unspecified atom stereocenters. The van der Waals surface area contributed by atoms with Crippen LogP contribution < -0.4 is 31.3 Å². The summed E-state index contributed by atoms with van der Waals surface area (Å²) in [5.41, 5.74) is 1.93. The first-order valence-corrected chi connectivity index (χ1v) is 10.5. The van der Waals surface area contributed by atoms with E-state index in [0.717, 1.165) is 35.2 Å². The zero-order chi connectivity index (χ0) is 21.6. The van der Waals surface area contributed by atoms with E-state index in [1.165, 1.54) is 5.56 Å². The van der Waals surface area contributed by atoms with E-state index in [1.54, 1.807) is 7.11 Å². The van der Waals surface area contributed by atoms with Gasteiger partial charge in [-0.3, -0.25) is 16.0 Å². The second-order valence-electron chi connectivity index (χ2n) is 7.85. The summed E-state index contributed by atoms with van der Waals surface area (Å²) in [4.78, 5) is 12.5. The number of nitrogens with one attached hydrogen (secondary N) is 5. The zero-order valence-electron chi connectivity index (χ0n) is 17.8. The molecule has 1 heterocycles. The quantitative estimate of drug-likeness (QED) is 0.423. The number of methoxy groups -OCH3 is 1. The average molecular weight is 420 g/mol. The lowest BCUT2D eigenvalue weighted by Crippen LogP contribution is -2.67. The van der Waals surface area contributed by atoms with Crippen LogP contribution in [0.4, 0.5) is 10.5 Å². The molecular weight excluding hydrogens is 390 g/mol. The summed E-state index contributed by atoms with van der Waals surface area (Å²) in [6.07, 6.45) is 0.641. The molecule has 0 radical (unpaired) electrons. The van der Waals surface area contributed by atoms with Gasteiger partial charge in [-0.15, -0.1) is 0 Å². The van der Waals surface area contributed by atoms with Crippen LogP contribution in [0.2, 0.25) is 0 Å². The van der Waals surface area contributed by atoms with Gasteiger partial charge in [-0.05, 0) is 53.9 Å². The number of urea groups is 1. The van der Waals surface area contributed by atoms with E-state index in [9.17, 15) is 4.79 Å². The zero-order valence-corrected chi connectivity index (χ0v) is 17.8. The fourth-order valence-electron chi connectivity index (χ4n) is 3.80. The number of fused-ring (bicyclic) bond motifs is 1. The molecular formula is C24H29N5O2. The van der Waals surface area contributed by atoms with E-state index in [2.05, 4.69) is 39.6 Å². The number of amides is 2. The Labute approximate surface area is 182 Å². The number of ether oxygens (including phenoxy) is 1. The predicted octanol–water partition coefficient (Wildman–Crippen LogP) is 3.34. The highest BCUT2D eigenvalue weighted by molar-refractivity contribution is 5.93. The molecule has 0 aliphatic carbocycles. The molecule has 5 N–H and O–H groups in total. The van der Waals surface area contributed by atoms with Crippen LogP contribution in [-0.4, -0.2) is 31.6 Å². The maximum absolute atomic E-state index is 12.5. The molecule has 3 atom stereocenters. The van der Waals surface area contributed by atoms with Crippen molar-refractivity contribution in [1.82, 2.24) is 21.3 Å². The summed E-state index contributed by atoms with van der Waals surface area (Å²) in [7, 11) is 1.66. The van der Waals surface area contributed by atoms with Gasteiger partial charge in [-0.2, -0.15) is 0 Å². The Morgan fingerprint density at radius 2 is 1.81 bits per heavy atom. The van der Waals surface area contributed by atoms with Crippen LogP contribution in [0.25, 0.3) is 10.8 Å². The highest BCUT2D eigenvalue weighted by atomic mass is 16.5. The summed E-state index contributed by atoms with van der Waals surface area (Å²) in [6, 6.07) is 21.9. The minimum atomic E-state index is -0.336. The van der Waals surface area contributed by atoms with Crippen LogP contribution in [-0.2, 0) is 6.54 Å². The Morgan fingerprint density at radius 1 is 1.03 bits per heavy atom. The molecule has 162 valence electrons. The molecule has 1 aliphatic rings. The largest absolute Gasteiger partial charge is 0.497 e. The molecule has 31 heavy (non-hydrogen) atoms. The van der Waals surface area contributed by atoms with Gasteiger partial charge in [-0.1, -0.05) is 42.5 Å². The van der Waals surface area contributed by atoms with Gasteiger partial charge in [0.2, 0.25) is 0 Å². The molecule has 1 fully saturated rings. The van der Waals surface area contributed by atoms with E-state index >= 15 is 0 Å². The van der Waals surface area contributed by atoms with E-state index < -0.39 is 0 Å². The van der Waals surface area contributed by atoms with Crippen molar-refractivity contribution in [1.29, 1.82) is 0 Å². The summed E-state index contributed by atoms with van der Waals surface area (Å²) >= 11 is 0. The SMILES string of the molecule is COc1ccc(CNC2CC(C)NC(NC(=O)Nc3ccc4ccccc4c3)N2)cc1. The monoisotopic (exact) mass is 419 g/mol. The number of rotatable bonds is 6. The molecule has 0 spiro atoms. The van der Waals surface area contributed by atoms with Gasteiger partial charge >= 0.3 is 6.03 Å². The molecule has 0 aromatic heterocycles. The molecule has 0 saturated carbocycles. The molecule has 0 bridgehead atoms. The van der Waals surface area contributed by atoms with Crippen molar-refractivity contribution in [2.75, 3.05) is 12.4 Å². The van der Waals surface area contributed by atoms with Crippen LogP contribution in [0.5, 0.6) is 5.75 Å². The summed E-state index contributed by atoms with van der Waals surface area (Å²) in [6.45, 7) is 2.84. The fraction of sp³-hybridized carbons (Fsp3) is 0.292. The Bertz CT molecular complexity index is 1020. The van der Waals surface area contributed by atoms with Crippen molar-refractivity contribution in [2.24, 2.45) is 0 Å². The topological polar surface area (TPSA) is 86.5 Å². The van der Waals surface area contributed by atoms with E-state index in [1.807, 2.05) is 60.7 Å². The normalized spacial score (nSPS) is 20.9. The lowest BCUT2D eigenvalue weighted by molar-refractivity contribution is 0.192. The van der Waals surface area contributed by atoms with Gasteiger partial charge in [0.1, 0.15) is 12.0 Å². The van der Waals surface area contributed by atoms with Crippen LogP contribution >= 0.6 is 0 Å². The first-order valence-electron chi connectivity index (χ1n) is 10.5. The van der Waals surface area contributed by atoms with Crippen molar-refractivity contribution in [2.45, 2.75) is 38.4 Å². The molecule has 2 amide bonds. The number of hydrogen-bond donors (Lipinski definition) is 5. The molecule has 3 aromatic carbocycles. The van der Waals surface area contributed by atoms with Crippen molar-refractivity contribution in [3.63, 3.8) is 0 Å². The third-order valence-corrected chi connectivity index (χ3v) is 5.40. The predicted molar refractivity (Wildman–Crippen MR) is 124 cm³/mol. The standard InChI is InChI=1S/C24H29N5O2/c1-16-13-22(25-15-17-7-11-21(31-2)12-8-17)28-23(26-16)29-24(30)27-20-10-9-18-5-3-4-6-19(18)14-20/h3-12,14,16,22-23,25-26,28H,13,15H2,1-2H3,(H2,27,29,30). The van der Waals surface area contributed by atoms with Gasteiger partial charge in [-0.25, -0.2) is 4.79 Å².